The third-order valence-electron chi connectivity index (χ3n) is 3.81. The van der Waals surface area contributed by atoms with E-state index in [1.165, 1.54) is 0 Å². The van der Waals surface area contributed by atoms with Crippen LogP contribution in [0.3, 0.4) is 0 Å². The van der Waals surface area contributed by atoms with Crippen LogP contribution in [0.15, 0.2) is 43.2 Å². The van der Waals surface area contributed by atoms with Gasteiger partial charge in [-0.3, -0.25) is 14.0 Å². The minimum atomic E-state index is -0.127. The summed E-state index contributed by atoms with van der Waals surface area (Å²) in [6.45, 7) is 6.40. The van der Waals surface area contributed by atoms with Gasteiger partial charge in [-0.15, -0.1) is 0 Å². The minimum Gasteiger partial charge on any atom is -0.348 e. The van der Waals surface area contributed by atoms with Crippen LogP contribution < -0.4 is 5.32 Å². The molecule has 0 bridgehead atoms. The Morgan fingerprint density at radius 2 is 2.12 bits per heavy atom. The van der Waals surface area contributed by atoms with Crippen molar-refractivity contribution < 1.29 is 4.79 Å². The molecule has 0 saturated carbocycles. The molecule has 0 fully saturated rings. The van der Waals surface area contributed by atoms with Crippen LogP contribution in [-0.2, 0) is 6.54 Å². The van der Waals surface area contributed by atoms with Crippen molar-refractivity contribution in [3.8, 4) is 5.82 Å². The number of rotatable bonds is 5. The number of aromatic nitrogens is 5. The highest BCUT2D eigenvalue weighted by atomic mass is 16.1. The molecular formula is C17H20N6O. The molecule has 0 radical (unpaired) electrons. The van der Waals surface area contributed by atoms with Crippen LogP contribution in [0.4, 0.5) is 0 Å². The normalized spacial score (nSPS) is 11.0. The quantitative estimate of drug-likeness (QED) is 0.781. The topological polar surface area (TPSA) is 77.6 Å². The highest BCUT2D eigenvalue weighted by Gasteiger charge is 2.15. The predicted octanol–water partition coefficient (Wildman–Crippen LogP) is 2.28. The summed E-state index contributed by atoms with van der Waals surface area (Å²) in [5, 5.41) is 7.18. The molecule has 0 aromatic carbocycles. The lowest BCUT2D eigenvalue weighted by Crippen LogP contribution is -2.23. The zero-order valence-electron chi connectivity index (χ0n) is 14.0. The Labute approximate surface area is 140 Å². The van der Waals surface area contributed by atoms with E-state index in [0.29, 0.717) is 12.1 Å². The van der Waals surface area contributed by atoms with E-state index < -0.39 is 0 Å². The zero-order valence-corrected chi connectivity index (χ0v) is 14.0. The molecule has 7 heteroatoms. The van der Waals surface area contributed by atoms with E-state index >= 15 is 0 Å². The fourth-order valence-corrected chi connectivity index (χ4v) is 2.51. The third-order valence-corrected chi connectivity index (χ3v) is 3.81. The molecule has 0 aliphatic carbocycles. The van der Waals surface area contributed by atoms with Crippen molar-refractivity contribution in [3.05, 3.63) is 60.1 Å². The molecular weight excluding hydrogens is 304 g/mol. The molecule has 0 atom stereocenters. The van der Waals surface area contributed by atoms with Crippen LogP contribution in [0.25, 0.3) is 5.82 Å². The van der Waals surface area contributed by atoms with Gasteiger partial charge < -0.3 is 5.32 Å². The van der Waals surface area contributed by atoms with Crippen molar-refractivity contribution in [3.63, 3.8) is 0 Å². The molecule has 124 valence electrons. The fraction of sp³-hybridized carbons (Fsp3) is 0.294. The molecule has 3 aromatic rings. The maximum Gasteiger partial charge on any atom is 0.255 e. The van der Waals surface area contributed by atoms with Gasteiger partial charge in [-0.2, -0.15) is 5.10 Å². The van der Waals surface area contributed by atoms with Gasteiger partial charge in [-0.1, -0.05) is 6.07 Å². The Bertz CT molecular complexity index is 817. The number of imidazole rings is 1. The summed E-state index contributed by atoms with van der Waals surface area (Å²) in [4.78, 5) is 20.7. The molecule has 1 N–H and O–H groups in total. The SMILES string of the molecule is Cc1c(C(=O)NCc2ccc(-n3ccnc3)nc2)cnn1C(C)C. The summed E-state index contributed by atoms with van der Waals surface area (Å²) in [5.74, 6) is 0.662. The number of pyridine rings is 1. The van der Waals surface area contributed by atoms with E-state index in [0.717, 1.165) is 17.1 Å². The van der Waals surface area contributed by atoms with Crippen molar-refractivity contribution in [2.24, 2.45) is 0 Å². The van der Waals surface area contributed by atoms with E-state index in [-0.39, 0.29) is 11.9 Å². The summed E-state index contributed by atoms with van der Waals surface area (Å²) in [5.41, 5.74) is 2.41. The van der Waals surface area contributed by atoms with Gasteiger partial charge >= 0.3 is 0 Å². The lowest BCUT2D eigenvalue weighted by molar-refractivity contribution is 0.0950. The second-order valence-corrected chi connectivity index (χ2v) is 5.86. The summed E-state index contributed by atoms with van der Waals surface area (Å²) in [7, 11) is 0. The van der Waals surface area contributed by atoms with Crippen LogP contribution >= 0.6 is 0 Å². The first kappa shape index (κ1) is 15.9. The molecule has 3 rings (SSSR count). The number of hydrogen-bond donors (Lipinski definition) is 1. The van der Waals surface area contributed by atoms with Crippen LogP contribution in [0.1, 0.15) is 41.5 Å². The maximum absolute atomic E-state index is 12.3. The van der Waals surface area contributed by atoms with Crippen molar-refractivity contribution in [2.75, 3.05) is 0 Å². The van der Waals surface area contributed by atoms with E-state index in [1.807, 2.05) is 48.3 Å². The van der Waals surface area contributed by atoms with Gasteiger partial charge in [-0.25, -0.2) is 9.97 Å². The summed E-state index contributed by atoms with van der Waals surface area (Å²) >= 11 is 0. The molecule has 3 aromatic heterocycles. The lowest BCUT2D eigenvalue weighted by Gasteiger charge is -2.09. The minimum absolute atomic E-state index is 0.127. The standard InChI is InChI=1S/C17H20N6O/c1-12(2)23-13(3)15(10-21-23)17(24)20-9-14-4-5-16(19-8-14)22-7-6-18-11-22/h4-8,10-12H,9H2,1-3H3,(H,20,24). The Morgan fingerprint density at radius 1 is 1.29 bits per heavy atom. The largest absolute Gasteiger partial charge is 0.348 e. The first-order chi connectivity index (χ1) is 11.6. The average molecular weight is 324 g/mol. The van der Waals surface area contributed by atoms with Gasteiger partial charge in [0, 0.05) is 36.9 Å². The summed E-state index contributed by atoms with van der Waals surface area (Å²) in [6.07, 6.45) is 8.60. The van der Waals surface area contributed by atoms with Crippen LogP contribution in [0.5, 0.6) is 0 Å². The highest BCUT2D eigenvalue weighted by Crippen LogP contribution is 2.13. The van der Waals surface area contributed by atoms with E-state index in [1.54, 1.807) is 24.9 Å². The number of amides is 1. The van der Waals surface area contributed by atoms with Gasteiger partial charge in [0.15, 0.2) is 0 Å². The zero-order chi connectivity index (χ0) is 17.1. The van der Waals surface area contributed by atoms with Gasteiger partial charge in [-0.05, 0) is 32.4 Å². The molecule has 24 heavy (non-hydrogen) atoms. The lowest BCUT2D eigenvalue weighted by atomic mass is 10.2. The number of carbonyl (C=O) groups excluding carboxylic acids is 1. The van der Waals surface area contributed by atoms with Crippen molar-refractivity contribution in [2.45, 2.75) is 33.4 Å². The monoisotopic (exact) mass is 324 g/mol. The fourth-order valence-electron chi connectivity index (χ4n) is 2.51. The second-order valence-electron chi connectivity index (χ2n) is 5.86. The van der Waals surface area contributed by atoms with Crippen LogP contribution in [0.2, 0.25) is 0 Å². The molecule has 0 aliphatic heterocycles. The van der Waals surface area contributed by atoms with Crippen molar-refractivity contribution in [1.29, 1.82) is 0 Å². The smallest absolute Gasteiger partial charge is 0.255 e. The predicted molar refractivity (Wildman–Crippen MR) is 89.9 cm³/mol. The number of hydrogen-bond acceptors (Lipinski definition) is 4. The second kappa shape index (κ2) is 6.66. The van der Waals surface area contributed by atoms with Crippen molar-refractivity contribution >= 4 is 5.91 Å². The van der Waals surface area contributed by atoms with Crippen LogP contribution in [-0.4, -0.2) is 30.2 Å². The Kier molecular flexibility index (Phi) is 4.41. The van der Waals surface area contributed by atoms with Crippen molar-refractivity contribution in [1.82, 2.24) is 29.6 Å². The molecule has 7 nitrogen and oxygen atoms in total. The molecule has 0 unspecified atom stereocenters. The van der Waals surface area contributed by atoms with E-state index in [9.17, 15) is 4.79 Å². The van der Waals surface area contributed by atoms with E-state index in [2.05, 4.69) is 20.4 Å². The summed E-state index contributed by atoms with van der Waals surface area (Å²) < 4.78 is 3.67. The number of nitrogens with zero attached hydrogens (tertiary/aromatic N) is 5. The average Bonchev–Trinajstić information content (AvgIpc) is 3.22. The first-order valence-corrected chi connectivity index (χ1v) is 7.82. The molecule has 0 saturated heterocycles. The Hall–Kier alpha value is -2.96. The third kappa shape index (κ3) is 3.19. The number of carbonyl (C=O) groups is 1. The molecule has 3 heterocycles. The maximum atomic E-state index is 12.3. The Morgan fingerprint density at radius 3 is 2.71 bits per heavy atom. The van der Waals surface area contributed by atoms with Crippen LogP contribution in [0, 0.1) is 6.92 Å². The first-order valence-electron chi connectivity index (χ1n) is 7.82. The molecule has 0 aliphatic rings. The molecule has 1 amide bonds. The van der Waals surface area contributed by atoms with Gasteiger partial charge in [0.05, 0.1) is 11.8 Å². The Balaban J connectivity index is 1.64. The van der Waals surface area contributed by atoms with Gasteiger partial charge in [0.2, 0.25) is 0 Å². The van der Waals surface area contributed by atoms with Gasteiger partial charge in [0.1, 0.15) is 12.1 Å². The number of nitrogens with one attached hydrogen (secondary N) is 1. The van der Waals surface area contributed by atoms with Gasteiger partial charge in [0.25, 0.3) is 5.91 Å². The highest BCUT2D eigenvalue weighted by molar-refractivity contribution is 5.94. The molecule has 0 spiro atoms. The van der Waals surface area contributed by atoms with E-state index in [4.69, 9.17) is 0 Å². The summed E-state index contributed by atoms with van der Waals surface area (Å²) in [6, 6.07) is 4.06.